The lowest BCUT2D eigenvalue weighted by atomic mass is 10.1. The van der Waals surface area contributed by atoms with Gasteiger partial charge in [0.1, 0.15) is 5.41 Å². The van der Waals surface area contributed by atoms with E-state index in [9.17, 15) is 9.59 Å². The zero-order valence-corrected chi connectivity index (χ0v) is 9.32. The summed E-state index contributed by atoms with van der Waals surface area (Å²) >= 11 is 0. The van der Waals surface area contributed by atoms with E-state index in [1.165, 1.54) is 0 Å². The predicted molar refractivity (Wildman–Crippen MR) is 62.7 cm³/mol. The van der Waals surface area contributed by atoms with Gasteiger partial charge >= 0.3 is 5.76 Å². The Hall–Kier alpha value is -2.55. The Bertz CT molecular complexity index is 731. The van der Waals surface area contributed by atoms with Gasteiger partial charge in [-0.05, 0) is 25.0 Å². The first kappa shape index (κ1) is 10.6. The van der Waals surface area contributed by atoms with Crippen molar-refractivity contribution in [2.75, 3.05) is 5.32 Å². The summed E-state index contributed by atoms with van der Waals surface area (Å²) in [7, 11) is 0. The third kappa shape index (κ3) is 1.57. The monoisotopic (exact) mass is 243 g/mol. The molecule has 2 N–H and O–H groups in total. The number of benzene rings is 1. The van der Waals surface area contributed by atoms with Gasteiger partial charge < -0.3 is 9.73 Å². The van der Waals surface area contributed by atoms with Gasteiger partial charge in [-0.15, -0.1) is 0 Å². The van der Waals surface area contributed by atoms with Gasteiger partial charge in [0.05, 0.1) is 11.6 Å². The minimum Gasteiger partial charge on any atom is -0.408 e. The summed E-state index contributed by atoms with van der Waals surface area (Å²) in [5.74, 6) is -0.841. The topological polar surface area (TPSA) is 98.9 Å². The van der Waals surface area contributed by atoms with Crippen LogP contribution in [0.4, 0.5) is 5.69 Å². The number of aromatic amines is 1. The number of amides is 1. The van der Waals surface area contributed by atoms with Crippen molar-refractivity contribution < 1.29 is 9.21 Å². The molecule has 0 spiro atoms. The van der Waals surface area contributed by atoms with E-state index in [0.717, 1.165) is 0 Å². The Morgan fingerprint density at radius 3 is 2.94 bits per heavy atom. The maximum Gasteiger partial charge on any atom is 0.417 e. The van der Waals surface area contributed by atoms with Crippen LogP contribution in [0.5, 0.6) is 0 Å². The maximum atomic E-state index is 11.8. The van der Waals surface area contributed by atoms with E-state index in [1.54, 1.807) is 18.2 Å². The molecule has 0 saturated heterocycles. The molecule has 0 aliphatic heterocycles. The summed E-state index contributed by atoms with van der Waals surface area (Å²) in [5.41, 5.74) is 0.587. The summed E-state index contributed by atoms with van der Waals surface area (Å²) in [5, 5.41) is 11.6. The number of hydrogen-bond donors (Lipinski definition) is 2. The molecule has 0 atom stereocenters. The molecule has 0 bridgehead atoms. The van der Waals surface area contributed by atoms with Gasteiger partial charge in [-0.1, -0.05) is 0 Å². The first-order valence-electron chi connectivity index (χ1n) is 5.49. The molecule has 1 aliphatic rings. The van der Waals surface area contributed by atoms with E-state index in [-0.39, 0.29) is 5.91 Å². The minimum absolute atomic E-state index is 0.303. The van der Waals surface area contributed by atoms with Gasteiger partial charge in [0.2, 0.25) is 5.91 Å². The van der Waals surface area contributed by atoms with Crippen molar-refractivity contribution in [2.24, 2.45) is 5.41 Å². The number of carbonyl (C=O) groups excluding carboxylic acids is 1. The Kier molecular flexibility index (Phi) is 2.04. The Balaban J connectivity index is 1.89. The molecule has 6 nitrogen and oxygen atoms in total. The van der Waals surface area contributed by atoms with Gasteiger partial charge in [0.15, 0.2) is 5.58 Å². The molecule has 1 saturated carbocycles. The average molecular weight is 243 g/mol. The summed E-state index contributed by atoms with van der Waals surface area (Å²) < 4.78 is 4.89. The number of nitriles is 1. The molecule has 2 aromatic rings. The zero-order chi connectivity index (χ0) is 12.8. The molecule has 1 fully saturated rings. The van der Waals surface area contributed by atoms with Gasteiger partial charge in [-0.3, -0.25) is 9.78 Å². The SMILES string of the molecule is N#CC1(C(=O)Nc2ccc3[nH]c(=O)oc3c2)CC1. The smallest absolute Gasteiger partial charge is 0.408 e. The lowest BCUT2D eigenvalue weighted by molar-refractivity contribution is -0.119. The van der Waals surface area contributed by atoms with E-state index < -0.39 is 11.2 Å². The van der Waals surface area contributed by atoms with Crippen LogP contribution in [-0.4, -0.2) is 10.9 Å². The number of oxazole rings is 1. The second-order valence-electron chi connectivity index (χ2n) is 4.37. The number of hydrogen-bond acceptors (Lipinski definition) is 4. The first-order valence-corrected chi connectivity index (χ1v) is 5.49. The zero-order valence-electron chi connectivity index (χ0n) is 9.32. The number of H-pyrrole nitrogens is 1. The molecular formula is C12H9N3O3. The highest BCUT2D eigenvalue weighted by Gasteiger charge is 2.50. The number of aromatic nitrogens is 1. The number of fused-ring (bicyclic) bond motifs is 1. The maximum absolute atomic E-state index is 11.8. The van der Waals surface area contributed by atoms with Crippen molar-refractivity contribution in [1.82, 2.24) is 4.98 Å². The molecule has 1 aromatic carbocycles. The van der Waals surface area contributed by atoms with Crippen LogP contribution < -0.4 is 11.1 Å². The fourth-order valence-electron chi connectivity index (χ4n) is 1.79. The number of carbonyl (C=O) groups is 1. The van der Waals surface area contributed by atoms with Crippen LogP contribution in [0.25, 0.3) is 11.1 Å². The summed E-state index contributed by atoms with van der Waals surface area (Å²) in [4.78, 5) is 25.3. The second kappa shape index (κ2) is 3.47. The Morgan fingerprint density at radius 2 is 2.28 bits per heavy atom. The van der Waals surface area contributed by atoms with Crippen LogP contribution in [0.15, 0.2) is 27.4 Å². The van der Waals surface area contributed by atoms with E-state index in [4.69, 9.17) is 9.68 Å². The van der Waals surface area contributed by atoms with Gasteiger partial charge in [0.25, 0.3) is 0 Å². The summed E-state index contributed by atoms with van der Waals surface area (Å²) in [6, 6.07) is 6.87. The van der Waals surface area contributed by atoms with Crippen LogP contribution in [0.2, 0.25) is 0 Å². The van der Waals surface area contributed by atoms with Crippen LogP contribution in [0.3, 0.4) is 0 Å². The lowest BCUT2D eigenvalue weighted by Gasteiger charge is -2.07. The van der Waals surface area contributed by atoms with Crippen LogP contribution >= 0.6 is 0 Å². The predicted octanol–water partition coefficient (Wildman–Crippen LogP) is 1.36. The van der Waals surface area contributed by atoms with Crippen molar-refractivity contribution in [3.8, 4) is 6.07 Å². The quantitative estimate of drug-likeness (QED) is 0.831. The highest BCUT2D eigenvalue weighted by atomic mass is 16.4. The fourth-order valence-corrected chi connectivity index (χ4v) is 1.79. The van der Waals surface area contributed by atoms with Crippen LogP contribution in [-0.2, 0) is 4.79 Å². The molecule has 0 radical (unpaired) electrons. The fraction of sp³-hybridized carbons (Fsp3) is 0.250. The Morgan fingerprint density at radius 1 is 1.50 bits per heavy atom. The molecular weight excluding hydrogens is 234 g/mol. The molecule has 18 heavy (non-hydrogen) atoms. The molecule has 6 heteroatoms. The van der Waals surface area contributed by atoms with Crippen molar-refractivity contribution in [3.63, 3.8) is 0 Å². The Labute approximate surface area is 101 Å². The minimum atomic E-state index is -0.867. The number of nitrogens with zero attached hydrogens (tertiary/aromatic N) is 1. The molecule has 1 heterocycles. The van der Waals surface area contributed by atoms with Crippen molar-refractivity contribution in [1.29, 1.82) is 5.26 Å². The molecule has 90 valence electrons. The average Bonchev–Trinajstić information content (AvgIpc) is 3.06. The van der Waals surface area contributed by atoms with Crippen molar-refractivity contribution >= 4 is 22.7 Å². The molecule has 3 rings (SSSR count). The van der Waals surface area contributed by atoms with Crippen LogP contribution in [0, 0.1) is 16.7 Å². The molecule has 0 unspecified atom stereocenters. The lowest BCUT2D eigenvalue weighted by Crippen LogP contribution is -2.22. The second-order valence-corrected chi connectivity index (χ2v) is 4.37. The van der Waals surface area contributed by atoms with Gasteiger partial charge in [0, 0.05) is 11.8 Å². The van der Waals surface area contributed by atoms with Crippen molar-refractivity contribution in [3.05, 3.63) is 28.7 Å². The highest BCUT2D eigenvalue weighted by molar-refractivity contribution is 6.00. The van der Waals surface area contributed by atoms with E-state index >= 15 is 0 Å². The van der Waals surface area contributed by atoms with Crippen LogP contribution in [0.1, 0.15) is 12.8 Å². The highest BCUT2D eigenvalue weighted by Crippen LogP contribution is 2.45. The summed E-state index contributed by atoms with van der Waals surface area (Å²) in [6.07, 6.45) is 1.19. The number of rotatable bonds is 2. The van der Waals surface area contributed by atoms with Gasteiger partial charge in [-0.25, -0.2) is 4.79 Å². The van der Waals surface area contributed by atoms with E-state index in [0.29, 0.717) is 29.6 Å². The largest absolute Gasteiger partial charge is 0.417 e. The van der Waals surface area contributed by atoms with Gasteiger partial charge in [-0.2, -0.15) is 5.26 Å². The normalized spacial score (nSPS) is 16.2. The standard InChI is InChI=1S/C12H9N3O3/c13-6-12(3-4-12)10(16)14-7-1-2-8-9(5-7)18-11(17)15-8/h1-2,5H,3-4H2,(H,14,16)(H,15,17). The first-order chi connectivity index (χ1) is 8.63. The van der Waals surface area contributed by atoms with Crippen molar-refractivity contribution in [2.45, 2.75) is 12.8 Å². The molecule has 1 aromatic heterocycles. The molecule has 1 aliphatic carbocycles. The third-order valence-corrected chi connectivity index (χ3v) is 3.08. The van der Waals surface area contributed by atoms with E-state index in [2.05, 4.69) is 10.3 Å². The summed E-state index contributed by atoms with van der Waals surface area (Å²) in [6.45, 7) is 0. The van der Waals surface area contributed by atoms with E-state index in [1.807, 2.05) is 6.07 Å². The number of nitrogens with one attached hydrogen (secondary N) is 2. The number of anilines is 1. The molecule has 1 amide bonds. The third-order valence-electron chi connectivity index (χ3n) is 3.08.